The van der Waals surface area contributed by atoms with Crippen molar-refractivity contribution < 1.29 is 29.2 Å². The number of piperidine rings is 2. The monoisotopic (exact) mass is 497 g/mol. The average Bonchev–Trinajstić information content (AvgIpc) is 3.32. The van der Waals surface area contributed by atoms with E-state index in [4.69, 9.17) is 14.2 Å². The predicted octanol–water partition coefficient (Wildman–Crippen LogP) is 3.94. The lowest BCUT2D eigenvalue weighted by Crippen LogP contribution is -2.68. The summed E-state index contributed by atoms with van der Waals surface area (Å²) in [6.07, 6.45) is 14.9. The molecule has 5 aliphatic heterocycles. The normalized spacial score (nSPS) is 44.4. The van der Waals surface area contributed by atoms with Crippen LogP contribution in [0.3, 0.4) is 0 Å². The van der Waals surface area contributed by atoms with Crippen molar-refractivity contribution in [2.75, 3.05) is 13.7 Å². The van der Waals surface area contributed by atoms with Crippen LogP contribution in [-0.4, -0.2) is 58.5 Å². The van der Waals surface area contributed by atoms with Crippen LogP contribution in [0.1, 0.15) is 65.2 Å². The molecule has 2 N–H and O–H groups in total. The molecular formula is C29H39NO6. The molecule has 0 aromatic carbocycles. The number of hydrogen-bond donors (Lipinski definition) is 2. The fourth-order valence-electron chi connectivity index (χ4n) is 8.14. The fraction of sp³-hybridized carbons (Fsp3) is 0.690. The number of carbonyl (C=O) groups is 1. The molecule has 0 amide bonds. The zero-order valence-electron chi connectivity index (χ0n) is 21.6. The van der Waals surface area contributed by atoms with Crippen LogP contribution in [0.25, 0.3) is 0 Å². The molecule has 3 saturated heterocycles. The highest BCUT2D eigenvalue weighted by Crippen LogP contribution is 2.54. The highest BCUT2D eigenvalue weighted by Gasteiger charge is 2.58. The van der Waals surface area contributed by atoms with Gasteiger partial charge in [-0.3, -0.25) is 4.90 Å². The van der Waals surface area contributed by atoms with Crippen molar-refractivity contribution in [2.45, 2.75) is 88.9 Å². The lowest BCUT2D eigenvalue weighted by Gasteiger charge is -2.59. The third-order valence-corrected chi connectivity index (χ3v) is 9.82. The van der Waals surface area contributed by atoms with Gasteiger partial charge in [-0.15, -0.1) is 0 Å². The topological polar surface area (TPSA) is 88.5 Å². The molecule has 7 nitrogen and oxygen atoms in total. The van der Waals surface area contributed by atoms with E-state index in [9.17, 15) is 15.0 Å². The Bertz CT molecular complexity index is 1060. The molecule has 0 radical (unpaired) electrons. The molecule has 1 aliphatic carbocycles. The molecule has 3 fully saturated rings. The van der Waals surface area contributed by atoms with Crippen molar-refractivity contribution in [1.29, 1.82) is 0 Å². The van der Waals surface area contributed by atoms with Crippen molar-refractivity contribution in [3.8, 4) is 0 Å². The van der Waals surface area contributed by atoms with Gasteiger partial charge in [0, 0.05) is 35.9 Å². The molecule has 7 heteroatoms. The van der Waals surface area contributed by atoms with Gasteiger partial charge in [-0.1, -0.05) is 32.4 Å². The molecule has 196 valence electrons. The molecule has 0 aromatic rings. The van der Waals surface area contributed by atoms with Crippen LogP contribution in [0.15, 0.2) is 46.8 Å². The molecule has 0 unspecified atom stereocenters. The first-order valence-electron chi connectivity index (χ1n) is 13.8. The van der Waals surface area contributed by atoms with Crippen molar-refractivity contribution in [3.05, 3.63) is 46.8 Å². The summed E-state index contributed by atoms with van der Waals surface area (Å²) < 4.78 is 17.5. The van der Waals surface area contributed by atoms with E-state index in [1.165, 1.54) is 7.11 Å². The van der Waals surface area contributed by atoms with Gasteiger partial charge in [0.05, 0.1) is 19.3 Å². The largest absolute Gasteiger partial charge is 0.492 e. The van der Waals surface area contributed by atoms with Gasteiger partial charge in [-0.25, -0.2) is 4.79 Å². The van der Waals surface area contributed by atoms with E-state index in [1.807, 2.05) is 0 Å². The number of aliphatic hydroxyl groups excluding tert-OH is 1. The second-order valence-corrected chi connectivity index (χ2v) is 11.8. The number of fused-ring (bicyclic) bond motifs is 2. The third-order valence-electron chi connectivity index (χ3n) is 9.82. The summed E-state index contributed by atoms with van der Waals surface area (Å²) in [5.74, 6) is 2.47. The number of ether oxygens (including phenoxy) is 3. The number of nitrogens with zero attached hydrogens (tertiary/aromatic N) is 1. The maximum atomic E-state index is 12.4. The molecule has 0 bridgehead atoms. The van der Waals surface area contributed by atoms with Gasteiger partial charge in [0.25, 0.3) is 0 Å². The smallest absolute Gasteiger partial charge is 0.345 e. The predicted molar refractivity (Wildman–Crippen MR) is 133 cm³/mol. The summed E-state index contributed by atoms with van der Waals surface area (Å²) in [5.41, 5.74) is -0.566. The van der Waals surface area contributed by atoms with Crippen molar-refractivity contribution in [3.63, 3.8) is 0 Å². The van der Waals surface area contributed by atoms with E-state index in [2.05, 4.69) is 37.0 Å². The molecule has 0 saturated carbocycles. The van der Waals surface area contributed by atoms with Gasteiger partial charge in [-0.2, -0.15) is 0 Å². The number of allylic oxidation sites excluding steroid dienone is 2. The lowest BCUT2D eigenvalue weighted by atomic mass is 9.65. The third kappa shape index (κ3) is 3.53. The summed E-state index contributed by atoms with van der Waals surface area (Å²) in [6, 6.07) is 0.818. The van der Waals surface area contributed by atoms with Gasteiger partial charge < -0.3 is 24.4 Å². The number of aliphatic hydroxyl groups is 2. The van der Waals surface area contributed by atoms with Crippen LogP contribution < -0.4 is 0 Å². The van der Waals surface area contributed by atoms with E-state index in [0.717, 1.165) is 57.1 Å². The molecule has 5 heterocycles. The molecule has 6 aliphatic rings. The first kappa shape index (κ1) is 24.3. The number of carbonyl (C=O) groups excluding carboxylic acids is 1. The quantitative estimate of drug-likeness (QED) is 0.451. The Balaban J connectivity index is 1.36. The standard InChI is InChI=1S/C29H39NO6/c1-16-6-4-7-18(14-16)29(33)13-12-19-10-11-22-24(21-8-5-9-23(29)30(19)21)17(2)25(35-22)27-26(34-3)20(15-31)28(32)36-27/h4,7,11,16-19,21,23-24,31,33H,5-6,8-10,12-15H2,1-3H3/b27-25+/t16-,17+,18-,19-,21+,23+,24-,29+/m1/s1. The van der Waals surface area contributed by atoms with Crippen LogP contribution >= 0.6 is 0 Å². The SMILES string of the molecule is COC1=C(CO)C(=O)O/C1=C1/OC2=CC[C@@H]3CC[C@](O)([C@@H]4C=CC[C@@H](C)C4)[C@@H]4CCC[C@@H]([C@H]2[C@@H]1C)N34. The van der Waals surface area contributed by atoms with Gasteiger partial charge in [0.1, 0.15) is 11.3 Å². The van der Waals surface area contributed by atoms with Gasteiger partial charge in [0.2, 0.25) is 5.76 Å². The summed E-state index contributed by atoms with van der Waals surface area (Å²) in [4.78, 5) is 15.0. The Morgan fingerprint density at radius 3 is 2.78 bits per heavy atom. The van der Waals surface area contributed by atoms with Crippen LogP contribution in [0.5, 0.6) is 0 Å². The number of hydrogen-bond acceptors (Lipinski definition) is 7. The number of esters is 1. The van der Waals surface area contributed by atoms with Gasteiger partial charge >= 0.3 is 5.97 Å². The zero-order valence-corrected chi connectivity index (χ0v) is 21.6. The van der Waals surface area contributed by atoms with Crippen molar-refractivity contribution >= 4 is 5.97 Å². The highest BCUT2D eigenvalue weighted by atomic mass is 16.6. The van der Waals surface area contributed by atoms with Crippen LogP contribution in [0.2, 0.25) is 0 Å². The van der Waals surface area contributed by atoms with E-state index in [0.29, 0.717) is 23.5 Å². The molecule has 0 aromatic heterocycles. The summed E-state index contributed by atoms with van der Waals surface area (Å²) in [5, 5.41) is 22.0. The summed E-state index contributed by atoms with van der Waals surface area (Å²) in [7, 11) is 1.48. The van der Waals surface area contributed by atoms with Crippen LogP contribution in [-0.2, 0) is 19.0 Å². The molecule has 8 atom stereocenters. The van der Waals surface area contributed by atoms with E-state index in [1.54, 1.807) is 0 Å². The number of rotatable bonds is 3. The minimum Gasteiger partial charge on any atom is -0.492 e. The van der Waals surface area contributed by atoms with Crippen molar-refractivity contribution in [2.24, 2.45) is 23.7 Å². The molecule has 6 rings (SSSR count). The van der Waals surface area contributed by atoms with E-state index >= 15 is 0 Å². The zero-order chi connectivity index (χ0) is 25.2. The lowest BCUT2D eigenvalue weighted by molar-refractivity contribution is -0.160. The second kappa shape index (κ2) is 9.03. The summed E-state index contributed by atoms with van der Waals surface area (Å²) >= 11 is 0. The number of methoxy groups -OCH3 is 1. The van der Waals surface area contributed by atoms with Gasteiger partial charge in [0.15, 0.2) is 11.5 Å². The van der Waals surface area contributed by atoms with Crippen LogP contribution in [0, 0.1) is 23.7 Å². The number of cyclic esters (lactones) is 1. The Labute approximate surface area is 213 Å². The Morgan fingerprint density at radius 2 is 2.03 bits per heavy atom. The first-order valence-corrected chi connectivity index (χ1v) is 13.8. The van der Waals surface area contributed by atoms with Crippen molar-refractivity contribution in [1.82, 2.24) is 4.90 Å². The van der Waals surface area contributed by atoms with Gasteiger partial charge in [-0.05, 0) is 56.9 Å². The minimum atomic E-state index is -0.697. The summed E-state index contributed by atoms with van der Waals surface area (Å²) in [6.45, 7) is 3.99. The van der Waals surface area contributed by atoms with E-state index in [-0.39, 0.29) is 41.2 Å². The first-order chi connectivity index (χ1) is 17.4. The molecule has 0 spiro atoms. The van der Waals surface area contributed by atoms with E-state index < -0.39 is 18.2 Å². The highest BCUT2D eigenvalue weighted by molar-refractivity contribution is 5.94. The Kier molecular flexibility index (Phi) is 6.09. The molecular weight excluding hydrogens is 458 g/mol. The maximum absolute atomic E-state index is 12.4. The second-order valence-electron chi connectivity index (χ2n) is 11.8. The fourth-order valence-corrected chi connectivity index (χ4v) is 8.14. The molecule has 36 heavy (non-hydrogen) atoms. The maximum Gasteiger partial charge on any atom is 0.345 e. The van der Waals surface area contributed by atoms with Crippen LogP contribution in [0.4, 0.5) is 0 Å². The Hall–Kier alpha value is -2.09. The average molecular weight is 498 g/mol. The Morgan fingerprint density at radius 1 is 1.19 bits per heavy atom. The minimum absolute atomic E-state index is 0.0191.